The first-order valence-corrected chi connectivity index (χ1v) is 17.3. The number of nitrogens with zero attached hydrogens (tertiary/aromatic N) is 3. The van der Waals surface area contributed by atoms with Crippen molar-refractivity contribution >= 4 is 57.6 Å². The molecule has 2 aliphatic rings. The number of amides is 4. The summed E-state index contributed by atoms with van der Waals surface area (Å²) in [4.78, 5) is 63.7. The van der Waals surface area contributed by atoms with E-state index in [1.54, 1.807) is 34.2 Å². The molecule has 2 saturated heterocycles. The quantitative estimate of drug-likeness (QED) is 0.169. The number of benzene rings is 3. The van der Waals surface area contributed by atoms with Crippen LogP contribution in [0.2, 0.25) is 5.02 Å². The molecule has 0 bridgehead atoms. The number of hydrogen-bond donors (Lipinski definition) is 3. The Balaban J connectivity index is 0.991. The molecular formula is C39H37ClN6O4. The zero-order valence-electron chi connectivity index (χ0n) is 27.4. The number of carbonyl (C=O) groups is 4. The molecule has 4 amide bonds. The predicted molar refractivity (Wildman–Crippen MR) is 194 cm³/mol. The lowest BCUT2D eigenvalue weighted by atomic mass is 10.1. The molecule has 3 aromatic carbocycles. The monoisotopic (exact) mass is 688 g/mol. The van der Waals surface area contributed by atoms with E-state index in [-0.39, 0.29) is 36.5 Å². The Morgan fingerprint density at radius 2 is 1.28 bits per heavy atom. The average molecular weight is 689 g/mol. The van der Waals surface area contributed by atoms with Crippen LogP contribution in [0.3, 0.4) is 0 Å². The molecule has 0 radical (unpaired) electrons. The number of H-pyrrole nitrogens is 1. The number of likely N-dealkylation sites (tertiary alicyclic amines) is 2. The van der Waals surface area contributed by atoms with E-state index in [1.165, 1.54) is 0 Å². The fourth-order valence-corrected chi connectivity index (χ4v) is 7.22. The highest BCUT2D eigenvalue weighted by Crippen LogP contribution is 2.36. The van der Waals surface area contributed by atoms with E-state index in [2.05, 4.69) is 20.6 Å². The maximum Gasteiger partial charge on any atom is 0.248 e. The molecule has 254 valence electrons. The topological polar surface area (TPSA) is 128 Å². The molecule has 7 rings (SSSR count). The fourth-order valence-electron chi connectivity index (χ4n) is 6.90. The minimum absolute atomic E-state index is 0.0516. The highest BCUT2D eigenvalue weighted by Gasteiger charge is 2.35. The lowest BCUT2D eigenvalue weighted by Gasteiger charge is -2.24. The maximum atomic E-state index is 13.3. The van der Waals surface area contributed by atoms with E-state index >= 15 is 0 Å². The van der Waals surface area contributed by atoms with Gasteiger partial charge in [-0.25, -0.2) is 4.98 Å². The van der Waals surface area contributed by atoms with Crippen LogP contribution < -0.4 is 10.6 Å². The molecule has 2 aromatic heterocycles. The Morgan fingerprint density at radius 3 is 1.84 bits per heavy atom. The number of anilines is 2. The van der Waals surface area contributed by atoms with Crippen LogP contribution in [0.5, 0.6) is 0 Å². The van der Waals surface area contributed by atoms with Gasteiger partial charge >= 0.3 is 0 Å². The molecule has 4 heterocycles. The van der Waals surface area contributed by atoms with E-state index in [0.717, 1.165) is 29.5 Å². The number of rotatable bonds is 9. The number of nitrogens with one attached hydrogen (secondary N) is 3. The smallest absolute Gasteiger partial charge is 0.248 e. The van der Waals surface area contributed by atoms with Crippen molar-refractivity contribution in [3.05, 3.63) is 113 Å². The third-order valence-electron chi connectivity index (χ3n) is 9.46. The molecule has 2 aliphatic heterocycles. The van der Waals surface area contributed by atoms with Crippen LogP contribution in [0, 0.1) is 0 Å². The van der Waals surface area contributed by atoms with Gasteiger partial charge in [0.05, 0.1) is 35.3 Å². The van der Waals surface area contributed by atoms with Gasteiger partial charge in [-0.2, -0.15) is 0 Å². The van der Waals surface area contributed by atoms with E-state index in [4.69, 9.17) is 11.6 Å². The SMILES string of the molecule is O=C(Nc1ccc(-c2[nH]c3cnc(NC(=O)[C@@H]4CCCN4C(=O)Cc4ccccc4)cc3c2Cl)cc1)[C@@H]1CCCN1C(=O)Cc1ccccc1. The Hall–Kier alpha value is -5.48. The summed E-state index contributed by atoms with van der Waals surface area (Å²) in [5.41, 5.74) is 4.62. The number of aromatic amines is 1. The van der Waals surface area contributed by atoms with Gasteiger partial charge in [0, 0.05) is 24.2 Å². The summed E-state index contributed by atoms with van der Waals surface area (Å²) < 4.78 is 0. The van der Waals surface area contributed by atoms with E-state index < -0.39 is 12.1 Å². The average Bonchev–Trinajstić information content (AvgIpc) is 3.89. The van der Waals surface area contributed by atoms with Crippen molar-refractivity contribution in [1.82, 2.24) is 19.8 Å². The second-order valence-electron chi connectivity index (χ2n) is 12.8. The van der Waals surface area contributed by atoms with Crippen LogP contribution in [0.15, 0.2) is 97.2 Å². The highest BCUT2D eigenvalue weighted by molar-refractivity contribution is 6.38. The van der Waals surface area contributed by atoms with Gasteiger partial charge in [0.1, 0.15) is 17.9 Å². The van der Waals surface area contributed by atoms with Gasteiger partial charge in [0.15, 0.2) is 0 Å². The summed E-state index contributed by atoms with van der Waals surface area (Å²) in [6.07, 6.45) is 4.89. The van der Waals surface area contributed by atoms with Crippen LogP contribution in [0.1, 0.15) is 36.8 Å². The zero-order chi connectivity index (χ0) is 34.6. The summed E-state index contributed by atoms with van der Waals surface area (Å²) in [5, 5.41) is 7.02. The first-order chi connectivity index (χ1) is 24.3. The predicted octanol–water partition coefficient (Wildman–Crippen LogP) is 6.23. The standard InChI is InChI=1S/C39H37ClN6O4/c40-36-29-23-33(44-39(50)32-14-8-20-46(32)35(48)22-26-11-5-2-6-12-26)41-24-30(29)43-37(36)27-15-17-28(18-16-27)42-38(49)31-13-7-19-45(31)34(47)21-25-9-3-1-4-10-25/h1-6,9-12,15-18,23-24,31-32,43H,7-8,13-14,19-22H2,(H,42,49)(H,41,44,50)/t31-,32-/m0/s1. The van der Waals surface area contributed by atoms with Gasteiger partial charge in [-0.15, -0.1) is 0 Å². The zero-order valence-corrected chi connectivity index (χ0v) is 28.2. The van der Waals surface area contributed by atoms with Crippen LogP contribution in [-0.4, -0.2) is 68.6 Å². The van der Waals surface area contributed by atoms with Crippen LogP contribution in [0.25, 0.3) is 22.2 Å². The molecule has 5 aromatic rings. The molecule has 2 fully saturated rings. The van der Waals surface area contributed by atoms with Crippen molar-refractivity contribution in [1.29, 1.82) is 0 Å². The van der Waals surface area contributed by atoms with Crippen molar-refractivity contribution in [3.8, 4) is 11.3 Å². The lowest BCUT2D eigenvalue weighted by Crippen LogP contribution is -2.43. The van der Waals surface area contributed by atoms with Crippen molar-refractivity contribution < 1.29 is 19.2 Å². The number of fused-ring (bicyclic) bond motifs is 1. The Morgan fingerprint density at radius 1 is 0.740 bits per heavy atom. The summed E-state index contributed by atoms with van der Waals surface area (Å²) >= 11 is 6.85. The summed E-state index contributed by atoms with van der Waals surface area (Å²) in [6.45, 7) is 1.11. The number of aromatic nitrogens is 2. The Kier molecular flexibility index (Phi) is 9.62. The normalized spacial score (nSPS) is 17.2. The minimum Gasteiger partial charge on any atom is -0.352 e. The number of hydrogen-bond acceptors (Lipinski definition) is 5. The first-order valence-electron chi connectivity index (χ1n) is 16.9. The van der Waals surface area contributed by atoms with Crippen LogP contribution in [-0.2, 0) is 32.0 Å². The highest BCUT2D eigenvalue weighted by atomic mass is 35.5. The lowest BCUT2D eigenvalue weighted by molar-refractivity contribution is -0.136. The molecular weight excluding hydrogens is 652 g/mol. The van der Waals surface area contributed by atoms with E-state index in [1.807, 2.05) is 72.8 Å². The molecule has 10 nitrogen and oxygen atoms in total. The number of carbonyl (C=O) groups excluding carboxylic acids is 4. The molecule has 3 N–H and O–H groups in total. The second kappa shape index (κ2) is 14.6. The summed E-state index contributed by atoms with van der Waals surface area (Å²) in [7, 11) is 0. The Labute approximate surface area is 294 Å². The van der Waals surface area contributed by atoms with Gasteiger partial charge in [-0.3, -0.25) is 19.2 Å². The van der Waals surface area contributed by atoms with Crippen molar-refractivity contribution in [2.75, 3.05) is 23.7 Å². The second-order valence-corrected chi connectivity index (χ2v) is 13.2. The molecule has 50 heavy (non-hydrogen) atoms. The Bertz CT molecular complexity index is 2030. The molecule has 0 unspecified atom stereocenters. The van der Waals surface area contributed by atoms with Gasteiger partial charge in [-0.05, 0) is 60.6 Å². The fraction of sp³-hybridized carbons (Fsp3) is 0.256. The van der Waals surface area contributed by atoms with Gasteiger partial charge in [0.2, 0.25) is 23.6 Å². The maximum absolute atomic E-state index is 13.3. The molecule has 2 atom stereocenters. The van der Waals surface area contributed by atoms with Gasteiger partial charge in [0.25, 0.3) is 0 Å². The van der Waals surface area contributed by atoms with Crippen molar-refractivity contribution in [3.63, 3.8) is 0 Å². The third-order valence-corrected chi connectivity index (χ3v) is 9.85. The van der Waals surface area contributed by atoms with Crippen molar-refractivity contribution in [2.45, 2.75) is 50.6 Å². The molecule has 0 aliphatic carbocycles. The van der Waals surface area contributed by atoms with E-state index in [0.29, 0.717) is 59.1 Å². The summed E-state index contributed by atoms with van der Waals surface area (Å²) in [5.74, 6) is -0.262. The number of pyridine rings is 1. The van der Waals surface area contributed by atoms with Gasteiger partial charge in [-0.1, -0.05) is 84.4 Å². The van der Waals surface area contributed by atoms with Gasteiger partial charge < -0.3 is 25.4 Å². The summed E-state index contributed by atoms with van der Waals surface area (Å²) in [6, 6.07) is 27.0. The first kappa shape index (κ1) is 33.0. The molecule has 11 heteroatoms. The van der Waals surface area contributed by atoms with E-state index in [9.17, 15) is 19.2 Å². The third kappa shape index (κ3) is 7.11. The van der Waals surface area contributed by atoms with Crippen LogP contribution in [0.4, 0.5) is 11.5 Å². The largest absolute Gasteiger partial charge is 0.352 e. The number of halogens is 1. The van der Waals surface area contributed by atoms with Crippen molar-refractivity contribution in [2.24, 2.45) is 0 Å². The minimum atomic E-state index is -0.563. The van der Waals surface area contributed by atoms with Crippen LogP contribution >= 0.6 is 11.6 Å². The molecule has 0 spiro atoms. The molecule has 0 saturated carbocycles.